The summed E-state index contributed by atoms with van der Waals surface area (Å²) in [5.74, 6) is 1.35. The van der Waals surface area contributed by atoms with E-state index in [4.69, 9.17) is 10.3 Å². The van der Waals surface area contributed by atoms with Crippen LogP contribution in [0.15, 0.2) is 28.8 Å². The minimum absolute atomic E-state index is 0.136. The van der Waals surface area contributed by atoms with Gasteiger partial charge < -0.3 is 15.2 Å². The molecule has 0 unspecified atom stereocenters. The van der Waals surface area contributed by atoms with Gasteiger partial charge in [-0.1, -0.05) is 35.0 Å². The van der Waals surface area contributed by atoms with Crippen LogP contribution in [0, 0.1) is 6.92 Å². The third kappa shape index (κ3) is 3.98. The standard InChI is InChI=1S/C17H23N5O2/c1-13-2-4-14(5-3-13)17-19-15(24-20-17)12-21-8-10-22(11-9-21)16(23)6-7-18/h2-5H,6-12,18H2,1H3. The molecular weight excluding hydrogens is 306 g/mol. The number of benzene rings is 1. The van der Waals surface area contributed by atoms with Crippen LogP contribution in [-0.2, 0) is 11.3 Å². The van der Waals surface area contributed by atoms with Crippen LogP contribution in [0.5, 0.6) is 0 Å². The second-order valence-electron chi connectivity index (χ2n) is 6.07. The molecular formula is C17H23N5O2. The maximum atomic E-state index is 11.8. The number of hydrogen-bond donors (Lipinski definition) is 1. The Morgan fingerprint density at radius 2 is 1.92 bits per heavy atom. The van der Waals surface area contributed by atoms with Gasteiger partial charge in [-0.25, -0.2) is 0 Å². The second kappa shape index (κ2) is 7.55. The van der Waals surface area contributed by atoms with E-state index >= 15 is 0 Å². The molecule has 3 rings (SSSR count). The highest BCUT2D eigenvalue weighted by molar-refractivity contribution is 5.76. The van der Waals surface area contributed by atoms with E-state index in [9.17, 15) is 4.79 Å². The van der Waals surface area contributed by atoms with Gasteiger partial charge >= 0.3 is 0 Å². The van der Waals surface area contributed by atoms with E-state index in [0.717, 1.165) is 31.7 Å². The van der Waals surface area contributed by atoms with Gasteiger partial charge in [0.2, 0.25) is 17.6 Å². The van der Waals surface area contributed by atoms with E-state index in [0.29, 0.717) is 31.2 Å². The smallest absolute Gasteiger partial charge is 0.241 e. The maximum absolute atomic E-state index is 11.8. The summed E-state index contributed by atoms with van der Waals surface area (Å²) in [6.07, 6.45) is 0.420. The van der Waals surface area contributed by atoms with Crippen molar-refractivity contribution in [2.24, 2.45) is 5.73 Å². The molecule has 1 fully saturated rings. The predicted molar refractivity (Wildman–Crippen MR) is 90.0 cm³/mol. The molecule has 1 saturated heterocycles. The molecule has 1 amide bonds. The molecule has 7 nitrogen and oxygen atoms in total. The summed E-state index contributed by atoms with van der Waals surface area (Å²) in [5.41, 5.74) is 7.59. The fraction of sp³-hybridized carbons (Fsp3) is 0.471. The van der Waals surface area contributed by atoms with Crippen LogP contribution >= 0.6 is 0 Å². The van der Waals surface area contributed by atoms with Crippen molar-refractivity contribution >= 4 is 5.91 Å². The highest BCUT2D eigenvalue weighted by atomic mass is 16.5. The first-order valence-corrected chi connectivity index (χ1v) is 8.25. The van der Waals surface area contributed by atoms with Crippen LogP contribution in [0.1, 0.15) is 17.9 Å². The van der Waals surface area contributed by atoms with Crippen LogP contribution in [0.25, 0.3) is 11.4 Å². The van der Waals surface area contributed by atoms with Crippen molar-refractivity contribution in [2.75, 3.05) is 32.7 Å². The molecule has 2 heterocycles. The van der Waals surface area contributed by atoms with Gasteiger partial charge in [0, 0.05) is 44.7 Å². The van der Waals surface area contributed by atoms with Crippen molar-refractivity contribution in [1.29, 1.82) is 0 Å². The van der Waals surface area contributed by atoms with E-state index in [1.54, 1.807) is 0 Å². The summed E-state index contributed by atoms with van der Waals surface area (Å²) in [6.45, 7) is 6.11. The van der Waals surface area contributed by atoms with Gasteiger partial charge in [-0.2, -0.15) is 4.98 Å². The Labute approximate surface area is 141 Å². The van der Waals surface area contributed by atoms with Gasteiger partial charge in [-0.3, -0.25) is 9.69 Å². The number of carbonyl (C=O) groups excluding carboxylic acids is 1. The zero-order chi connectivity index (χ0) is 16.9. The molecule has 0 spiro atoms. The van der Waals surface area contributed by atoms with E-state index in [2.05, 4.69) is 15.0 Å². The van der Waals surface area contributed by atoms with Gasteiger partial charge in [-0.05, 0) is 6.92 Å². The third-order valence-corrected chi connectivity index (χ3v) is 4.22. The van der Waals surface area contributed by atoms with Crippen LogP contribution in [0.4, 0.5) is 0 Å². The van der Waals surface area contributed by atoms with Crippen molar-refractivity contribution in [1.82, 2.24) is 19.9 Å². The monoisotopic (exact) mass is 329 g/mol. The Hall–Kier alpha value is -2.25. The third-order valence-electron chi connectivity index (χ3n) is 4.22. The summed E-state index contributed by atoms with van der Waals surface area (Å²) in [5, 5.41) is 4.06. The molecule has 2 N–H and O–H groups in total. The first kappa shape index (κ1) is 16.6. The molecule has 24 heavy (non-hydrogen) atoms. The zero-order valence-corrected chi connectivity index (χ0v) is 13.9. The van der Waals surface area contributed by atoms with Crippen molar-refractivity contribution in [3.63, 3.8) is 0 Å². The number of hydrogen-bond acceptors (Lipinski definition) is 6. The lowest BCUT2D eigenvalue weighted by Gasteiger charge is -2.33. The minimum atomic E-state index is 0.136. The van der Waals surface area contributed by atoms with E-state index in [-0.39, 0.29) is 5.91 Å². The normalized spacial score (nSPS) is 15.7. The molecule has 1 aromatic carbocycles. The Morgan fingerprint density at radius 3 is 2.58 bits per heavy atom. The Kier molecular flexibility index (Phi) is 5.22. The van der Waals surface area contributed by atoms with Crippen LogP contribution < -0.4 is 5.73 Å². The van der Waals surface area contributed by atoms with E-state index < -0.39 is 0 Å². The predicted octanol–water partition coefficient (Wildman–Crippen LogP) is 1.04. The molecule has 1 aliphatic heterocycles. The van der Waals surface area contributed by atoms with Crippen LogP contribution in [0.2, 0.25) is 0 Å². The molecule has 0 saturated carbocycles. The summed E-state index contributed by atoms with van der Waals surface area (Å²) < 4.78 is 5.37. The first-order valence-electron chi connectivity index (χ1n) is 8.25. The minimum Gasteiger partial charge on any atom is -0.340 e. The highest BCUT2D eigenvalue weighted by Gasteiger charge is 2.22. The van der Waals surface area contributed by atoms with Crippen molar-refractivity contribution in [2.45, 2.75) is 19.9 Å². The molecule has 7 heteroatoms. The number of carbonyl (C=O) groups is 1. The van der Waals surface area contributed by atoms with Crippen LogP contribution in [0.3, 0.4) is 0 Å². The number of nitrogens with two attached hydrogens (primary N) is 1. The Morgan fingerprint density at radius 1 is 1.21 bits per heavy atom. The average Bonchev–Trinajstić information content (AvgIpc) is 3.05. The quantitative estimate of drug-likeness (QED) is 0.882. The number of amides is 1. The zero-order valence-electron chi connectivity index (χ0n) is 13.9. The number of rotatable bonds is 5. The van der Waals surface area contributed by atoms with Crippen molar-refractivity contribution in [3.05, 3.63) is 35.7 Å². The molecule has 0 radical (unpaired) electrons. The van der Waals surface area contributed by atoms with Gasteiger partial charge in [0.15, 0.2) is 0 Å². The number of piperazine rings is 1. The average molecular weight is 329 g/mol. The number of aromatic nitrogens is 2. The fourth-order valence-electron chi connectivity index (χ4n) is 2.77. The maximum Gasteiger partial charge on any atom is 0.241 e. The van der Waals surface area contributed by atoms with Gasteiger partial charge in [0.25, 0.3) is 0 Å². The first-order chi connectivity index (χ1) is 11.7. The lowest BCUT2D eigenvalue weighted by Crippen LogP contribution is -2.48. The molecule has 0 atom stereocenters. The van der Waals surface area contributed by atoms with Gasteiger partial charge in [0.1, 0.15) is 0 Å². The molecule has 1 aliphatic rings. The summed E-state index contributed by atoms with van der Waals surface area (Å²) in [4.78, 5) is 20.4. The van der Waals surface area contributed by atoms with Crippen molar-refractivity contribution < 1.29 is 9.32 Å². The Balaban J connectivity index is 1.54. The number of nitrogens with zero attached hydrogens (tertiary/aromatic N) is 4. The van der Waals surface area contributed by atoms with Crippen LogP contribution in [-0.4, -0.2) is 58.6 Å². The molecule has 0 bridgehead atoms. The lowest BCUT2D eigenvalue weighted by atomic mass is 10.1. The number of aryl methyl sites for hydroxylation is 1. The fourth-order valence-corrected chi connectivity index (χ4v) is 2.77. The van der Waals surface area contributed by atoms with Crippen molar-refractivity contribution in [3.8, 4) is 11.4 Å². The topological polar surface area (TPSA) is 88.5 Å². The Bertz CT molecular complexity index is 675. The highest BCUT2D eigenvalue weighted by Crippen LogP contribution is 2.17. The van der Waals surface area contributed by atoms with Gasteiger partial charge in [0.05, 0.1) is 6.54 Å². The molecule has 128 valence electrons. The molecule has 1 aromatic heterocycles. The van der Waals surface area contributed by atoms with Gasteiger partial charge in [-0.15, -0.1) is 0 Å². The summed E-state index contributed by atoms with van der Waals surface area (Å²) in [7, 11) is 0. The summed E-state index contributed by atoms with van der Waals surface area (Å²) in [6, 6.07) is 8.05. The molecule has 0 aliphatic carbocycles. The molecule has 2 aromatic rings. The van der Waals surface area contributed by atoms with E-state index in [1.807, 2.05) is 36.1 Å². The summed E-state index contributed by atoms with van der Waals surface area (Å²) >= 11 is 0. The second-order valence-corrected chi connectivity index (χ2v) is 6.07. The lowest BCUT2D eigenvalue weighted by molar-refractivity contribution is -0.132. The largest absolute Gasteiger partial charge is 0.340 e. The van der Waals surface area contributed by atoms with E-state index in [1.165, 1.54) is 5.56 Å². The SMILES string of the molecule is Cc1ccc(-c2noc(CN3CCN(C(=O)CCN)CC3)n2)cc1.